The van der Waals surface area contributed by atoms with Crippen molar-refractivity contribution in [2.24, 2.45) is 0 Å². The number of Topliss-reactive ketones (excluding diaryl/α,β-unsaturated/α-hetero) is 1. The summed E-state index contributed by atoms with van der Waals surface area (Å²) in [6, 6.07) is 1.62. The van der Waals surface area contributed by atoms with Gasteiger partial charge in [0, 0.05) is 62.5 Å². The van der Waals surface area contributed by atoms with Crippen molar-refractivity contribution in [3.05, 3.63) is 65.1 Å². The molecule has 4 saturated heterocycles. The second kappa shape index (κ2) is 34.7. The molecule has 90 heavy (non-hydrogen) atoms. The number of hydrogen-bond donors (Lipinski definition) is 8. The number of ketones is 1. The molecule has 0 radical (unpaired) electrons. The van der Waals surface area contributed by atoms with E-state index in [2.05, 4.69) is 51.7 Å². The number of rotatable bonds is 28. The van der Waals surface area contributed by atoms with Crippen LogP contribution in [0.4, 0.5) is 10.5 Å². The second-order valence-corrected chi connectivity index (χ2v) is 26.8. The van der Waals surface area contributed by atoms with Gasteiger partial charge in [0.15, 0.2) is 54.6 Å². The maximum absolute atomic E-state index is 15.7. The predicted molar refractivity (Wildman–Crippen MR) is 336 cm³/mol. The standard InChI is InChI=1S/C60H84N4O22S4/c1-14-22-61-37-29-78-44(27-40(37)73-7)84-53-51(67)48(64-86-46-26-38(65)54(87-12)32(4)80-46)30(2)81-58(53)83-39-19-17-15-16-18-21-60(71)35(20-23-89-90-88-13)47(39)49(63-59(70)77-11)52(68)55(60)85-45-28-43(50(66)31(3)79-45)82-57(69)34-24-41(74-8)42(75-9)25-36(34)62-56(76-10)33(5)72-6/h15-16,20,24-25,30-32,37-40,43-46,48,50-51,53-56,58,61-62,64-67,71H,5,14,22-23,26-29H2,1-4,6-13H3,(H,63,70)/b16-15-,35-20+/t30?,31?,32?,37?,38?,39-,40?,43?,44?,45?,46?,48?,50?,51?,53?,54?,55+,56?,58?,60+/m0/s1. The molecule has 7 rings (SSSR count). The van der Waals surface area contributed by atoms with Crippen LogP contribution in [0, 0.1) is 23.7 Å². The topological polar surface area (TPSA) is 319 Å². The minimum Gasteiger partial charge on any atom is -0.497 e. The molecule has 0 spiro atoms. The molecule has 6 aliphatic rings. The number of aliphatic hydroxyl groups is 4. The van der Waals surface area contributed by atoms with E-state index in [1.165, 1.54) is 103 Å². The number of benzene rings is 1. The Labute approximate surface area is 540 Å². The molecule has 1 amide bonds. The third-order valence-electron chi connectivity index (χ3n) is 15.7. The molecule has 0 aromatic heterocycles. The Morgan fingerprint density at radius 3 is 2.27 bits per heavy atom. The number of allylic oxidation sites excluding steroid dienone is 2. The number of hydrogen-bond acceptors (Lipinski definition) is 29. The number of fused-ring (bicyclic) bond motifs is 2. The van der Waals surface area contributed by atoms with Crippen LogP contribution in [0.1, 0.15) is 63.7 Å². The van der Waals surface area contributed by atoms with Gasteiger partial charge in [-0.1, -0.05) is 64.8 Å². The Morgan fingerprint density at radius 2 is 1.60 bits per heavy atom. The highest BCUT2D eigenvalue weighted by Crippen LogP contribution is 2.44. The zero-order valence-electron chi connectivity index (χ0n) is 52.3. The van der Waals surface area contributed by atoms with Crippen molar-refractivity contribution < 1.29 is 106 Å². The number of aliphatic hydroxyl groups excluding tert-OH is 3. The largest absolute Gasteiger partial charge is 0.497 e. The van der Waals surface area contributed by atoms with Gasteiger partial charge in [-0.15, -0.1) is 0 Å². The highest BCUT2D eigenvalue weighted by atomic mass is 33.5. The first-order valence-electron chi connectivity index (χ1n) is 29.1. The van der Waals surface area contributed by atoms with Crippen LogP contribution in [0.2, 0.25) is 0 Å². The summed E-state index contributed by atoms with van der Waals surface area (Å²) in [5.41, 5.74) is -0.464. The molecule has 20 atom stereocenters. The summed E-state index contributed by atoms with van der Waals surface area (Å²) in [5, 5.41) is 57.5. The van der Waals surface area contributed by atoms with Gasteiger partial charge in [0.25, 0.3) is 0 Å². The van der Waals surface area contributed by atoms with Crippen LogP contribution in [0.3, 0.4) is 0 Å². The normalized spacial score (nSPS) is 34.5. The molecule has 8 N–H and O–H groups in total. The zero-order valence-corrected chi connectivity index (χ0v) is 55.5. The first-order chi connectivity index (χ1) is 43.2. The summed E-state index contributed by atoms with van der Waals surface area (Å²) in [4.78, 5) is 49.7. The van der Waals surface area contributed by atoms with Gasteiger partial charge in [-0.05, 0) is 68.2 Å². The molecular formula is C60H84N4O22S4. The third-order valence-corrected chi connectivity index (χ3v) is 20.7. The molecule has 2 aliphatic carbocycles. The maximum Gasteiger partial charge on any atom is 0.411 e. The number of carbonyl (C=O) groups is 3. The van der Waals surface area contributed by atoms with Gasteiger partial charge in [0.2, 0.25) is 5.78 Å². The minimum atomic E-state index is -2.64. The number of esters is 1. The Hall–Kier alpha value is -4.33. The van der Waals surface area contributed by atoms with Gasteiger partial charge in [-0.3, -0.25) is 14.9 Å². The highest BCUT2D eigenvalue weighted by molar-refractivity contribution is 9.09. The molecule has 1 aromatic rings. The first-order valence-corrected chi connectivity index (χ1v) is 34.4. The van der Waals surface area contributed by atoms with Gasteiger partial charge in [0.1, 0.15) is 36.3 Å². The third kappa shape index (κ3) is 17.7. The van der Waals surface area contributed by atoms with Crippen molar-refractivity contribution in [2.75, 3.05) is 79.4 Å². The van der Waals surface area contributed by atoms with Crippen molar-refractivity contribution in [1.82, 2.24) is 16.1 Å². The summed E-state index contributed by atoms with van der Waals surface area (Å²) in [6.45, 7) is 11.8. The lowest BCUT2D eigenvalue weighted by Gasteiger charge is -2.47. The fourth-order valence-corrected chi connectivity index (χ4v) is 14.3. The molecule has 26 nitrogen and oxygen atoms in total. The molecule has 30 heteroatoms. The molecule has 4 heterocycles. The number of thioether (sulfide) groups is 1. The van der Waals surface area contributed by atoms with Crippen LogP contribution in [-0.4, -0.2) is 234 Å². The summed E-state index contributed by atoms with van der Waals surface area (Å²) in [7, 11) is 12.5. The maximum atomic E-state index is 15.7. The van der Waals surface area contributed by atoms with Gasteiger partial charge in [0.05, 0.1) is 99.8 Å². The Bertz CT molecular complexity index is 2840. The Kier molecular flexibility index (Phi) is 28.2. The number of carbonyl (C=O) groups excluding carboxylic acids is 3. The first kappa shape index (κ1) is 73.1. The second-order valence-electron chi connectivity index (χ2n) is 21.4. The van der Waals surface area contributed by atoms with Crippen LogP contribution in [-0.2, 0) is 66.5 Å². The molecule has 17 unspecified atom stereocenters. The SMILES string of the molecule is C=C(OC)C(Nc1cc(OC)c(OC)cc1C(=O)OC1CC(O[C@@H]2C(=O)C(NC(=O)OC)=C3/C(=C\CSSSC)[C@]2(O)C#C/C=C\C#C[C@@H]3OC2OC(C)C(NOC3CC(O)C(SC)C(C)O3)C(O)C2OC2CC(OC)C(NCCC)CO2)OC(C)C1O)OC. The summed E-state index contributed by atoms with van der Waals surface area (Å²) < 4.78 is 84.2. The molecule has 1 aromatic carbocycles. The van der Waals surface area contributed by atoms with E-state index in [0.717, 1.165) is 13.5 Å². The lowest BCUT2D eigenvalue weighted by Crippen LogP contribution is -2.65. The van der Waals surface area contributed by atoms with E-state index in [0.29, 0.717) is 6.54 Å². The molecule has 500 valence electrons. The number of hydroxylamine groups is 1. The number of amides is 1. The average Bonchev–Trinajstić information content (AvgIpc) is 0.735. The van der Waals surface area contributed by atoms with Crippen LogP contribution in [0.5, 0.6) is 11.5 Å². The van der Waals surface area contributed by atoms with Crippen LogP contribution in [0.15, 0.2) is 59.5 Å². The highest BCUT2D eigenvalue weighted by Gasteiger charge is 2.57. The van der Waals surface area contributed by atoms with E-state index in [-0.39, 0.29) is 88.4 Å². The number of alkyl carbamates (subject to hydrolysis) is 1. The van der Waals surface area contributed by atoms with Crippen LogP contribution < -0.4 is 30.9 Å². The Balaban J connectivity index is 1.27. The van der Waals surface area contributed by atoms with E-state index in [9.17, 15) is 30.0 Å². The van der Waals surface area contributed by atoms with Crippen LogP contribution >= 0.6 is 43.2 Å². The van der Waals surface area contributed by atoms with Crippen molar-refractivity contribution in [1.29, 1.82) is 0 Å². The molecule has 0 saturated carbocycles. The van der Waals surface area contributed by atoms with E-state index in [1.807, 2.05) is 26.4 Å². The average molecular weight is 1340 g/mol. The lowest BCUT2D eigenvalue weighted by atomic mass is 9.73. The van der Waals surface area contributed by atoms with Crippen molar-refractivity contribution in [3.63, 3.8) is 0 Å². The molecule has 4 fully saturated rings. The fraction of sp³-hybridized carbons (Fsp3) is 0.650. The monoisotopic (exact) mass is 1340 g/mol. The number of ether oxygens (including phenoxy) is 14. The summed E-state index contributed by atoms with van der Waals surface area (Å²) >= 11 is 1.48. The predicted octanol–water partition coefficient (Wildman–Crippen LogP) is 3.86. The number of nitrogens with one attached hydrogen (secondary N) is 4. The van der Waals surface area contributed by atoms with Gasteiger partial charge < -0.3 is 97.4 Å². The van der Waals surface area contributed by atoms with Gasteiger partial charge in [-0.2, -0.15) is 17.2 Å². The van der Waals surface area contributed by atoms with Gasteiger partial charge in [-0.25, -0.2) is 9.59 Å². The van der Waals surface area contributed by atoms with E-state index in [4.69, 9.17) is 71.2 Å². The Morgan fingerprint density at radius 1 is 0.878 bits per heavy atom. The van der Waals surface area contributed by atoms with Crippen molar-refractivity contribution in [2.45, 2.75) is 175 Å². The van der Waals surface area contributed by atoms with E-state index in [1.54, 1.807) is 20.1 Å². The zero-order chi connectivity index (χ0) is 65.4. The summed E-state index contributed by atoms with van der Waals surface area (Å²) in [6.07, 6.45) is -11.4. The number of methoxy groups -OCH3 is 6. The fourth-order valence-electron chi connectivity index (χ4n) is 11.0. The lowest BCUT2D eigenvalue weighted by molar-refractivity contribution is -0.336. The minimum absolute atomic E-state index is 0.0840. The number of anilines is 1. The van der Waals surface area contributed by atoms with Gasteiger partial charge >= 0.3 is 12.1 Å². The smallest absolute Gasteiger partial charge is 0.411 e. The summed E-state index contributed by atoms with van der Waals surface area (Å²) in [5.74, 6) is 10.3. The van der Waals surface area contributed by atoms with E-state index >= 15 is 4.79 Å². The van der Waals surface area contributed by atoms with Crippen molar-refractivity contribution >= 4 is 66.7 Å². The van der Waals surface area contributed by atoms with Crippen LogP contribution in [0.25, 0.3) is 0 Å². The molecule has 4 aliphatic heterocycles. The van der Waals surface area contributed by atoms with Crippen molar-refractivity contribution in [3.8, 4) is 35.2 Å². The molecular weight excluding hydrogens is 1260 g/mol. The van der Waals surface area contributed by atoms with E-state index < -0.39 is 128 Å². The quantitative estimate of drug-likeness (QED) is 0.0112. The molecule has 2 bridgehead atoms.